The summed E-state index contributed by atoms with van der Waals surface area (Å²) in [6, 6.07) is 88.1. The maximum atomic E-state index is 6.75. The predicted molar refractivity (Wildman–Crippen MR) is 294 cm³/mol. The molecule has 2 aromatic heterocycles. The van der Waals surface area contributed by atoms with Crippen molar-refractivity contribution in [2.75, 3.05) is 0 Å². The predicted octanol–water partition coefficient (Wildman–Crippen LogP) is 15.9. The lowest BCUT2D eigenvalue weighted by atomic mass is 9.66. The van der Waals surface area contributed by atoms with Crippen LogP contribution in [0.1, 0.15) is 22.3 Å². The fourth-order valence-corrected chi connectivity index (χ4v) is 10.8. The molecule has 0 bridgehead atoms. The lowest BCUT2D eigenvalue weighted by Gasteiger charge is -2.39. The molecule has 0 saturated heterocycles. The van der Waals surface area contributed by atoms with Crippen LogP contribution < -0.4 is 4.74 Å². The van der Waals surface area contributed by atoms with Crippen LogP contribution in [-0.2, 0) is 5.41 Å². The fraction of sp³-hybridized carbons (Fsp3) is 0.0149. The zero-order valence-corrected chi connectivity index (χ0v) is 39.8. The summed E-state index contributed by atoms with van der Waals surface area (Å²) in [5, 5.41) is 0. The van der Waals surface area contributed by atoms with Crippen LogP contribution in [0.4, 0.5) is 0 Å². The molecule has 1 aliphatic heterocycles. The van der Waals surface area contributed by atoms with Crippen molar-refractivity contribution in [1.29, 1.82) is 0 Å². The highest BCUT2D eigenvalue weighted by Crippen LogP contribution is 2.62. The van der Waals surface area contributed by atoms with Crippen LogP contribution in [0.3, 0.4) is 0 Å². The first-order chi connectivity index (χ1) is 36.6. The highest BCUT2D eigenvalue weighted by molar-refractivity contribution is 5.92. The minimum absolute atomic E-state index is 0.575. The van der Waals surface area contributed by atoms with E-state index in [4.69, 9.17) is 34.6 Å². The zero-order valence-electron chi connectivity index (χ0n) is 39.8. The van der Waals surface area contributed by atoms with Gasteiger partial charge in [-0.05, 0) is 68.8 Å². The Kier molecular flexibility index (Phi) is 10.3. The minimum atomic E-state index is -0.765. The van der Waals surface area contributed by atoms with E-state index in [2.05, 4.69) is 170 Å². The monoisotopic (exact) mass is 946 g/mol. The molecular weight excluding hydrogens is 905 g/mol. The van der Waals surface area contributed by atoms with Crippen LogP contribution in [0.2, 0.25) is 0 Å². The topological polar surface area (TPSA) is 86.6 Å². The number of hydrogen-bond donors (Lipinski definition) is 0. The van der Waals surface area contributed by atoms with E-state index >= 15 is 0 Å². The van der Waals surface area contributed by atoms with Gasteiger partial charge in [-0.2, -0.15) is 0 Å². The van der Waals surface area contributed by atoms with Crippen LogP contribution in [0, 0.1) is 0 Å². The SMILES string of the molecule is c1ccc(-c2ccc(-c3nc(-c4ccc(-c5ccccc5)cc4)nc(-c4ccc5c(c4)-c4ccc(-c6nc(-c7ccccc7)nc(-c7ccccc7)n6)cc4C54c5ccccc5Oc5ccccc54)n3)cc2)cc1. The highest BCUT2D eigenvalue weighted by Gasteiger charge is 2.51. The number of nitrogens with zero attached hydrogens (tertiary/aromatic N) is 6. The van der Waals surface area contributed by atoms with Gasteiger partial charge in [-0.15, -0.1) is 0 Å². The molecule has 1 aliphatic carbocycles. The molecule has 0 saturated carbocycles. The summed E-state index contributed by atoms with van der Waals surface area (Å²) in [5.41, 5.74) is 15.6. The van der Waals surface area contributed by atoms with Crippen molar-refractivity contribution in [2.45, 2.75) is 5.41 Å². The zero-order chi connectivity index (χ0) is 49.0. The molecule has 12 aromatic rings. The molecule has 0 unspecified atom stereocenters. The number of hydrogen-bond acceptors (Lipinski definition) is 7. The molecular formula is C67H42N6O. The smallest absolute Gasteiger partial charge is 0.164 e. The summed E-state index contributed by atoms with van der Waals surface area (Å²) in [4.78, 5) is 31.1. The molecule has 3 heterocycles. The summed E-state index contributed by atoms with van der Waals surface area (Å²) >= 11 is 0. The Bertz CT molecular complexity index is 3870. The molecule has 2 aliphatic rings. The largest absolute Gasteiger partial charge is 0.457 e. The van der Waals surface area contributed by atoms with Gasteiger partial charge in [0.05, 0.1) is 5.41 Å². The van der Waals surface area contributed by atoms with Gasteiger partial charge < -0.3 is 4.74 Å². The van der Waals surface area contributed by atoms with Gasteiger partial charge in [-0.25, -0.2) is 29.9 Å². The normalized spacial score (nSPS) is 12.5. The number of aromatic nitrogens is 6. The third-order valence-electron chi connectivity index (χ3n) is 14.3. The Morgan fingerprint density at radius 1 is 0.216 bits per heavy atom. The van der Waals surface area contributed by atoms with Gasteiger partial charge in [-0.1, -0.05) is 231 Å². The molecule has 7 heteroatoms. The molecule has 14 rings (SSSR count). The molecule has 10 aromatic carbocycles. The first-order valence-electron chi connectivity index (χ1n) is 24.8. The second kappa shape index (κ2) is 17.7. The van der Waals surface area contributed by atoms with E-state index < -0.39 is 5.41 Å². The third kappa shape index (κ3) is 7.29. The lowest BCUT2D eigenvalue weighted by molar-refractivity contribution is 0.436. The molecule has 0 fully saturated rings. The molecule has 0 radical (unpaired) electrons. The van der Waals surface area contributed by atoms with Gasteiger partial charge in [0.1, 0.15) is 11.5 Å². The van der Waals surface area contributed by atoms with Crippen molar-refractivity contribution < 1.29 is 4.74 Å². The molecule has 0 N–H and O–H groups in total. The Hall–Kier alpha value is -9.98. The number of fused-ring (bicyclic) bond motifs is 9. The molecule has 0 atom stereocenters. The Morgan fingerprint density at radius 3 is 0.973 bits per heavy atom. The van der Waals surface area contributed by atoms with E-state index in [9.17, 15) is 0 Å². The second-order valence-corrected chi connectivity index (χ2v) is 18.6. The van der Waals surface area contributed by atoms with E-state index in [0.717, 1.165) is 101 Å². The lowest BCUT2D eigenvalue weighted by Crippen LogP contribution is -2.32. The maximum Gasteiger partial charge on any atom is 0.164 e. The van der Waals surface area contributed by atoms with Crippen molar-refractivity contribution in [2.24, 2.45) is 0 Å². The van der Waals surface area contributed by atoms with E-state index in [1.165, 1.54) is 0 Å². The maximum absolute atomic E-state index is 6.75. The molecule has 74 heavy (non-hydrogen) atoms. The standard InChI is InChI=1S/C67H42N6O/c1-5-17-43(18-6-1)45-29-33-49(34-30-45)63-69-64(50-35-31-46(32-36-50)44-19-7-2-8-20-44)73-65(72-63)51-38-40-55-54(41-51)53-39-37-52(42-58(53)67(55)56-25-13-15-27-59(56)74-60-28-16-14-26-57(60)67)66-70-61(47-21-9-3-10-22-47)68-62(71-66)48-23-11-4-12-24-48/h1-42H. The average Bonchev–Trinajstić information content (AvgIpc) is 3.79. The van der Waals surface area contributed by atoms with E-state index in [1.807, 2.05) is 84.9 Å². The number of benzene rings is 10. The van der Waals surface area contributed by atoms with Gasteiger partial charge in [0.2, 0.25) is 0 Å². The van der Waals surface area contributed by atoms with Gasteiger partial charge in [-0.3, -0.25) is 0 Å². The van der Waals surface area contributed by atoms with Gasteiger partial charge in [0, 0.05) is 44.5 Å². The number of para-hydroxylation sites is 2. The van der Waals surface area contributed by atoms with Crippen molar-refractivity contribution >= 4 is 0 Å². The number of ether oxygens (including phenoxy) is 1. The van der Waals surface area contributed by atoms with Gasteiger partial charge >= 0.3 is 0 Å². The second-order valence-electron chi connectivity index (χ2n) is 18.6. The Balaban J connectivity index is 0.963. The van der Waals surface area contributed by atoms with E-state index in [-0.39, 0.29) is 0 Å². The Morgan fingerprint density at radius 2 is 0.527 bits per heavy atom. The Labute approximate surface area is 428 Å². The molecule has 0 amide bonds. The summed E-state index contributed by atoms with van der Waals surface area (Å²) in [7, 11) is 0. The van der Waals surface area contributed by atoms with Gasteiger partial charge in [0.25, 0.3) is 0 Å². The molecule has 346 valence electrons. The highest BCUT2D eigenvalue weighted by atomic mass is 16.5. The van der Waals surface area contributed by atoms with Gasteiger partial charge in [0.15, 0.2) is 34.9 Å². The van der Waals surface area contributed by atoms with Crippen LogP contribution in [0.25, 0.3) is 102 Å². The summed E-state index contributed by atoms with van der Waals surface area (Å²) in [6.45, 7) is 0. The minimum Gasteiger partial charge on any atom is -0.457 e. The average molecular weight is 947 g/mol. The first kappa shape index (κ1) is 42.9. The first-order valence-corrected chi connectivity index (χ1v) is 24.8. The molecule has 7 nitrogen and oxygen atoms in total. The van der Waals surface area contributed by atoms with E-state index in [0.29, 0.717) is 34.9 Å². The molecule has 1 spiro atoms. The van der Waals surface area contributed by atoms with Crippen molar-refractivity contribution in [3.05, 3.63) is 277 Å². The van der Waals surface area contributed by atoms with Crippen LogP contribution in [0.5, 0.6) is 11.5 Å². The van der Waals surface area contributed by atoms with Crippen molar-refractivity contribution in [3.63, 3.8) is 0 Å². The summed E-state index contributed by atoms with van der Waals surface area (Å²) < 4.78 is 6.75. The van der Waals surface area contributed by atoms with Crippen LogP contribution in [-0.4, -0.2) is 29.9 Å². The van der Waals surface area contributed by atoms with Crippen molar-refractivity contribution in [1.82, 2.24) is 29.9 Å². The van der Waals surface area contributed by atoms with Crippen molar-refractivity contribution in [3.8, 4) is 113 Å². The summed E-state index contributed by atoms with van der Waals surface area (Å²) in [5.74, 6) is 5.16. The fourth-order valence-electron chi connectivity index (χ4n) is 10.8. The third-order valence-corrected chi connectivity index (χ3v) is 14.3. The van der Waals surface area contributed by atoms with E-state index in [1.54, 1.807) is 0 Å². The van der Waals surface area contributed by atoms with Crippen LogP contribution in [0.15, 0.2) is 255 Å². The van der Waals surface area contributed by atoms with Crippen LogP contribution >= 0.6 is 0 Å². The summed E-state index contributed by atoms with van der Waals surface area (Å²) in [6.07, 6.45) is 0. The number of rotatable bonds is 8. The quantitative estimate of drug-likeness (QED) is 0.150.